The molecule has 0 unspecified atom stereocenters. The minimum Gasteiger partial charge on any atom is -0.465 e. The van der Waals surface area contributed by atoms with Crippen LogP contribution in [0.4, 0.5) is 74.6 Å². The minimum absolute atomic E-state index is 0.195. The number of ether oxygens (including phenoxy) is 1. The third-order valence-corrected chi connectivity index (χ3v) is 7.57. The van der Waals surface area contributed by atoms with E-state index in [1.807, 2.05) is 0 Å². The largest absolute Gasteiger partial charge is 0.465 e. The zero-order chi connectivity index (χ0) is 39.3. The second kappa shape index (κ2) is 15.7. The van der Waals surface area contributed by atoms with E-state index in [0.717, 1.165) is 44.1 Å². The molecule has 0 aliphatic carbocycles. The summed E-state index contributed by atoms with van der Waals surface area (Å²) in [5.74, 6) is -58.1. The molecule has 51 heavy (non-hydrogen) atoms. The van der Waals surface area contributed by atoms with Crippen LogP contribution in [0.5, 0.6) is 0 Å². The fraction of sp³-hybridized carbons (Fsp3) is 0.633. The SMILES string of the molecule is CCCCCCCc1cnc(-c2ccc(CCC(=O)OCCC(F)(F)C(F)(F)C(F)(F)C(F)(F)C(F)(F)C(F)(F)C(F)(F)C(F)(F)F)cc2)nc1. The predicted octanol–water partition coefficient (Wildman–Crippen LogP) is 10.5. The molecule has 2 aromatic rings. The van der Waals surface area contributed by atoms with Crippen molar-refractivity contribution in [3.05, 3.63) is 47.8 Å². The van der Waals surface area contributed by atoms with Crippen molar-refractivity contribution in [2.24, 2.45) is 0 Å². The molecule has 2 rings (SSSR count). The van der Waals surface area contributed by atoms with Crippen molar-refractivity contribution in [1.82, 2.24) is 9.97 Å². The van der Waals surface area contributed by atoms with Gasteiger partial charge in [0.2, 0.25) is 0 Å². The van der Waals surface area contributed by atoms with Gasteiger partial charge in [-0.25, -0.2) is 9.97 Å². The molecule has 0 spiro atoms. The van der Waals surface area contributed by atoms with Crippen LogP contribution in [0.3, 0.4) is 0 Å². The molecule has 0 saturated carbocycles. The van der Waals surface area contributed by atoms with Crippen LogP contribution in [0.25, 0.3) is 11.4 Å². The van der Waals surface area contributed by atoms with Crippen LogP contribution in [0.15, 0.2) is 36.7 Å². The summed E-state index contributed by atoms with van der Waals surface area (Å²) in [5.41, 5.74) is 1.89. The van der Waals surface area contributed by atoms with Gasteiger partial charge in [-0.1, -0.05) is 56.9 Å². The van der Waals surface area contributed by atoms with E-state index in [-0.39, 0.29) is 6.42 Å². The lowest BCUT2D eigenvalue weighted by molar-refractivity contribution is -0.461. The van der Waals surface area contributed by atoms with Crippen molar-refractivity contribution in [1.29, 1.82) is 0 Å². The van der Waals surface area contributed by atoms with Gasteiger partial charge in [0.05, 0.1) is 13.0 Å². The average molecular weight is 773 g/mol. The monoisotopic (exact) mass is 772 g/mol. The Balaban J connectivity index is 2.00. The van der Waals surface area contributed by atoms with Gasteiger partial charge in [0, 0.05) is 24.4 Å². The highest BCUT2D eigenvalue weighted by molar-refractivity contribution is 5.69. The van der Waals surface area contributed by atoms with Gasteiger partial charge in [-0.15, -0.1) is 0 Å². The summed E-state index contributed by atoms with van der Waals surface area (Å²) in [6, 6.07) is 6.05. The van der Waals surface area contributed by atoms with Gasteiger partial charge in [0.1, 0.15) is 0 Å². The highest BCUT2D eigenvalue weighted by Crippen LogP contribution is 2.64. The van der Waals surface area contributed by atoms with E-state index in [9.17, 15) is 79.4 Å². The maximum Gasteiger partial charge on any atom is 0.460 e. The van der Waals surface area contributed by atoms with E-state index in [4.69, 9.17) is 0 Å². The standard InChI is InChI=1S/C30H29F17N2O2/c1-2-3-4-5-6-7-19-16-48-22(49-17-19)20-11-8-18(9-12-20)10-13-21(50)51-15-14-23(31,32)24(33,34)25(35,36)26(37,38)27(39,40)28(41,42)29(43,44)30(45,46)47/h8-9,11-12,16-17H,2-7,10,13-15H2,1H3. The lowest BCUT2D eigenvalue weighted by Gasteiger charge is -2.42. The molecule has 1 aromatic heterocycles. The Hall–Kier alpha value is -3.42. The van der Waals surface area contributed by atoms with Gasteiger partial charge in [-0.3, -0.25) is 4.79 Å². The highest BCUT2D eigenvalue weighted by atomic mass is 19.4. The fourth-order valence-electron chi connectivity index (χ4n) is 4.35. The third-order valence-electron chi connectivity index (χ3n) is 7.57. The Labute approximate surface area is 278 Å². The van der Waals surface area contributed by atoms with E-state index in [2.05, 4.69) is 21.6 Å². The molecular formula is C30H29F17N2O2. The zero-order valence-corrected chi connectivity index (χ0v) is 26.2. The van der Waals surface area contributed by atoms with Gasteiger partial charge < -0.3 is 4.74 Å². The van der Waals surface area contributed by atoms with Crippen LogP contribution in [0.2, 0.25) is 0 Å². The lowest BCUT2D eigenvalue weighted by atomic mass is 9.88. The number of esters is 1. The Morgan fingerprint density at radius 1 is 0.588 bits per heavy atom. The average Bonchev–Trinajstić information content (AvgIpc) is 3.03. The maximum absolute atomic E-state index is 14.0. The molecule has 290 valence electrons. The summed E-state index contributed by atoms with van der Waals surface area (Å²) in [5, 5.41) is 0. The quantitative estimate of drug-likeness (QED) is 0.0811. The number of carbonyl (C=O) groups is 1. The number of aryl methyl sites for hydroxylation is 2. The Morgan fingerprint density at radius 2 is 1.06 bits per heavy atom. The van der Waals surface area contributed by atoms with E-state index < -0.39 is 73.1 Å². The second-order valence-corrected chi connectivity index (χ2v) is 11.4. The van der Waals surface area contributed by atoms with Crippen molar-refractivity contribution in [3.8, 4) is 11.4 Å². The molecule has 0 saturated heterocycles. The number of aromatic nitrogens is 2. The molecular weight excluding hydrogens is 743 g/mol. The van der Waals surface area contributed by atoms with Crippen LogP contribution in [0, 0.1) is 0 Å². The van der Waals surface area contributed by atoms with E-state index >= 15 is 0 Å². The molecule has 0 N–H and O–H groups in total. The molecule has 1 aromatic carbocycles. The first-order chi connectivity index (χ1) is 23.1. The Morgan fingerprint density at radius 3 is 1.55 bits per heavy atom. The summed E-state index contributed by atoms with van der Waals surface area (Å²) in [6.07, 6.45) is -2.01. The highest BCUT2D eigenvalue weighted by Gasteiger charge is 2.95. The van der Waals surface area contributed by atoms with E-state index in [1.54, 1.807) is 24.5 Å². The van der Waals surface area contributed by atoms with Crippen molar-refractivity contribution >= 4 is 5.97 Å². The molecule has 0 atom stereocenters. The molecule has 21 heteroatoms. The first kappa shape index (κ1) is 43.7. The number of halogens is 17. The third kappa shape index (κ3) is 8.80. The topological polar surface area (TPSA) is 52.1 Å². The summed E-state index contributed by atoms with van der Waals surface area (Å²) < 4.78 is 231. The maximum atomic E-state index is 14.0. The van der Waals surface area contributed by atoms with E-state index in [1.165, 1.54) is 12.1 Å². The van der Waals surface area contributed by atoms with Gasteiger partial charge in [-0.2, -0.15) is 74.6 Å². The first-order valence-corrected chi connectivity index (χ1v) is 14.9. The number of carbonyl (C=O) groups excluding carboxylic acids is 1. The number of rotatable bonds is 19. The predicted molar refractivity (Wildman–Crippen MR) is 145 cm³/mol. The van der Waals surface area contributed by atoms with Crippen LogP contribution in [0.1, 0.15) is 63.0 Å². The molecule has 1 heterocycles. The van der Waals surface area contributed by atoms with Crippen molar-refractivity contribution < 1.29 is 84.2 Å². The van der Waals surface area contributed by atoms with E-state index in [0.29, 0.717) is 17.0 Å². The Kier molecular flexibility index (Phi) is 13.4. The Bertz CT molecular complexity index is 1430. The van der Waals surface area contributed by atoms with Gasteiger partial charge in [-0.05, 0) is 30.4 Å². The van der Waals surface area contributed by atoms with Crippen LogP contribution in [-0.4, -0.2) is 70.2 Å². The minimum atomic E-state index is -8.70. The summed E-state index contributed by atoms with van der Waals surface area (Å²) in [4.78, 5) is 20.4. The normalized spacial score (nSPS) is 14.2. The van der Waals surface area contributed by atoms with Gasteiger partial charge >= 0.3 is 53.6 Å². The first-order valence-electron chi connectivity index (χ1n) is 14.9. The number of alkyl halides is 17. The lowest BCUT2D eigenvalue weighted by Crippen LogP contribution is -2.74. The van der Waals surface area contributed by atoms with Crippen LogP contribution >= 0.6 is 0 Å². The fourth-order valence-corrected chi connectivity index (χ4v) is 4.35. The second-order valence-electron chi connectivity index (χ2n) is 11.4. The van der Waals surface area contributed by atoms with Crippen LogP contribution in [-0.2, 0) is 22.4 Å². The zero-order valence-electron chi connectivity index (χ0n) is 26.2. The molecule has 0 aliphatic rings. The smallest absolute Gasteiger partial charge is 0.460 e. The summed E-state index contributed by atoms with van der Waals surface area (Å²) in [6.45, 7) is 0.120. The summed E-state index contributed by atoms with van der Waals surface area (Å²) >= 11 is 0. The molecule has 0 radical (unpaired) electrons. The van der Waals surface area contributed by atoms with Gasteiger partial charge in [0.15, 0.2) is 5.82 Å². The molecule has 0 fully saturated rings. The molecule has 0 bridgehead atoms. The number of unbranched alkanes of at least 4 members (excludes halogenated alkanes) is 4. The van der Waals surface area contributed by atoms with Crippen LogP contribution < -0.4 is 0 Å². The molecule has 0 amide bonds. The summed E-state index contributed by atoms with van der Waals surface area (Å²) in [7, 11) is 0. The van der Waals surface area contributed by atoms with Gasteiger partial charge in [0.25, 0.3) is 0 Å². The number of benzene rings is 1. The van der Waals surface area contributed by atoms with Crippen molar-refractivity contribution in [2.45, 2.75) is 112 Å². The number of hydrogen-bond acceptors (Lipinski definition) is 4. The number of nitrogens with zero attached hydrogens (tertiary/aromatic N) is 2. The van der Waals surface area contributed by atoms with Crippen molar-refractivity contribution in [3.63, 3.8) is 0 Å². The van der Waals surface area contributed by atoms with Crippen molar-refractivity contribution in [2.75, 3.05) is 6.61 Å². The molecule has 0 aliphatic heterocycles. The molecule has 4 nitrogen and oxygen atoms in total. The number of hydrogen-bond donors (Lipinski definition) is 0.